The zero-order valence-corrected chi connectivity index (χ0v) is 14.3. The molecule has 0 spiro atoms. The molecule has 0 bridgehead atoms. The molecule has 0 fully saturated rings. The van der Waals surface area contributed by atoms with Crippen molar-refractivity contribution in [3.63, 3.8) is 0 Å². The molecule has 6 heteroatoms. The van der Waals surface area contributed by atoms with Crippen LogP contribution < -0.4 is 10.2 Å². The van der Waals surface area contributed by atoms with Gasteiger partial charge in [-0.25, -0.2) is 9.97 Å². The fraction of sp³-hybridized carbons (Fsp3) is 0.111. The van der Waals surface area contributed by atoms with Crippen molar-refractivity contribution in [1.82, 2.24) is 15.0 Å². The van der Waals surface area contributed by atoms with E-state index in [0.717, 1.165) is 33.6 Å². The van der Waals surface area contributed by atoms with Crippen LogP contribution in [0.4, 0.5) is 17.2 Å². The van der Waals surface area contributed by atoms with Crippen molar-refractivity contribution in [2.45, 2.75) is 0 Å². The summed E-state index contributed by atoms with van der Waals surface area (Å²) in [5.41, 5.74) is 4.18. The van der Waals surface area contributed by atoms with Crippen LogP contribution in [-0.4, -0.2) is 29.0 Å². The second kappa shape index (κ2) is 6.37. The number of rotatable bonds is 3. The number of hydrogen-bond donors (Lipinski definition) is 2. The molecule has 5 nitrogen and oxygen atoms in total. The minimum Gasteiger partial charge on any atom is -0.378 e. The van der Waals surface area contributed by atoms with Crippen LogP contribution in [0.1, 0.15) is 0 Å². The number of hydrogen-bond acceptors (Lipinski definition) is 4. The van der Waals surface area contributed by atoms with E-state index < -0.39 is 0 Å². The number of fused-ring (bicyclic) bond motifs is 2. The fourth-order valence-electron chi connectivity index (χ4n) is 2.69. The summed E-state index contributed by atoms with van der Waals surface area (Å²) in [5.74, 6) is 0.814. The van der Waals surface area contributed by atoms with Crippen molar-refractivity contribution in [2.24, 2.45) is 0 Å². The van der Waals surface area contributed by atoms with Gasteiger partial charge in [-0.1, -0.05) is 0 Å². The van der Waals surface area contributed by atoms with Crippen molar-refractivity contribution < 1.29 is 0 Å². The summed E-state index contributed by atoms with van der Waals surface area (Å²) in [4.78, 5) is 14.0. The molecule has 0 amide bonds. The van der Waals surface area contributed by atoms with E-state index in [4.69, 9.17) is 0 Å². The lowest BCUT2D eigenvalue weighted by molar-refractivity contribution is 1.13. The van der Waals surface area contributed by atoms with Gasteiger partial charge in [-0.3, -0.25) is 0 Å². The van der Waals surface area contributed by atoms with Gasteiger partial charge in [0, 0.05) is 48.0 Å². The molecule has 2 N–H and O–H groups in total. The summed E-state index contributed by atoms with van der Waals surface area (Å²) in [6.07, 6.45) is 3.53. The molecule has 0 atom stereocenters. The lowest BCUT2D eigenvalue weighted by Crippen LogP contribution is -2.08. The summed E-state index contributed by atoms with van der Waals surface area (Å²) in [6.45, 7) is 0. The number of anilines is 3. The first-order chi connectivity index (χ1) is 11.2. The van der Waals surface area contributed by atoms with Gasteiger partial charge in [0.2, 0.25) is 0 Å². The Labute approximate surface area is 146 Å². The van der Waals surface area contributed by atoms with Crippen LogP contribution in [0.3, 0.4) is 0 Å². The highest BCUT2D eigenvalue weighted by atomic mass is 35.5. The third kappa shape index (κ3) is 2.86. The fourth-order valence-corrected chi connectivity index (χ4v) is 2.69. The highest BCUT2D eigenvalue weighted by molar-refractivity contribution is 5.94. The minimum absolute atomic E-state index is 0. The molecule has 24 heavy (non-hydrogen) atoms. The summed E-state index contributed by atoms with van der Waals surface area (Å²) in [7, 11) is 4.05. The van der Waals surface area contributed by atoms with Crippen LogP contribution in [0.15, 0.2) is 55.0 Å². The smallest absolute Gasteiger partial charge is 0.141 e. The second-order valence-corrected chi connectivity index (χ2v) is 5.72. The summed E-state index contributed by atoms with van der Waals surface area (Å²) in [6, 6.07) is 14.5. The van der Waals surface area contributed by atoms with Crippen LogP contribution in [0.2, 0.25) is 0 Å². The third-order valence-corrected chi connectivity index (χ3v) is 3.95. The molecule has 122 valence electrons. The quantitative estimate of drug-likeness (QED) is 0.583. The molecule has 2 heterocycles. The molecule has 2 aromatic heterocycles. The number of aromatic nitrogens is 3. The van der Waals surface area contributed by atoms with Crippen molar-refractivity contribution >= 4 is 51.4 Å². The van der Waals surface area contributed by atoms with Crippen LogP contribution in [0.25, 0.3) is 21.8 Å². The molecular formula is C18H18ClN5. The molecule has 0 saturated carbocycles. The molecule has 0 radical (unpaired) electrons. The first-order valence-electron chi connectivity index (χ1n) is 7.47. The monoisotopic (exact) mass is 339 g/mol. The van der Waals surface area contributed by atoms with Crippen molar-refractivity contribution in [2.75, 3.05) is 24.3 Å². The molecule has 0 unspecified atom stereocenters. The van der Waals surface area contributed by atoms with Crippen molar-refractivity contribution in [1.29, 1.82) is 0 Å². The highest BCUT2D eigenvalue weighted by Crippen LogP contribution is 2.27. The topological polar surface area (TPSA) is 56.8 Å². The first-order valence-corrected chi connectivity index (χ1v) is 7.47. The van der Waals surface area contributed by atoms with Crippen molar-refractivity contribution in [3.8, 4) is 0 Å². The predicted octanol–water partition coefficient (Wildman–Crippen LogP) is 4.34. The van der Waals surface area contributed by atoms with Gasteiger partial charge >= 0.3 is 0 Å². The predicted molar refractivity (Wildman–Crippen MR) is 103 cm³/mol. The zero-order chi connectivity index (χ0) is 15.8. The molecule has 0 saturated heterocycles. The summed E-state index contributed by atoms with van der Waals surface area (Å²) >= 11 is 0. The maximum Gasteiger partial charge on any atom is 0.141 e. The lowest BCUT2D eigenvalue weighted by atomic mass is 10.2. The molecule has 4 aromatic rings. The Morgan fingerprint density at radius 1 is 1.00 bits per heavy atom. The average Bonchev–Trinajstić information content (AvgIpc) is 3.02. The molecule has 2 aromatic carbocycles. The van der Waals surface area contributed by atoms with E-state index in [2.05, 4.69) is 55.5 Å². The van der Waals surface area contributed by atoms with E-state index in [0.29, 0.717) is 0 Å². The van der Waals surface area contributed by atoms with E-state index in [1.807, 2.05) is 32.4 Å². The minimum atomic E-state index is 0. The Kier molecular flexibility index (Phi) is 4.27. The Bertz CT molecular complexity index is 993. The number of H-pyrrole nitrogens is 1. The standard InChI is InChI=1S/C18H17N5.ClH/c1-23(2)14-4-6-17-15(10-14)18(21-11-20-17)22-13-3-5-16-12(9-13)7-8-19-16;/h3-11,19H,1-2H3,(H,20,21,22);1H. The van der Waals surface area contributed by atoms with Crippen LogP contribution >= 0.6 is 12.4 Å². The van der Waals surface area contributed by atoms with Gasteiger partial charge in [0.05, 0.1) is 5.52 Å². The molecule has 0 aliphatic carbocycles. The Morgan fingerprint density at radius 2 is 1.88 bits per heavy atom. The second-order valence-electron chi connectivity index (χ2n) is 5.72. The lowest BCUT2D eigenvalue weighted by Gasteiger charge is -2.14. The Hall–Kier alpha value is -2.79. The van der Waals surface area contributed by atoms with E-state index in [9.17, 15) is 0 Å². The molecule has 0 aliphatic heterocycles. The third-order valence-electron chi connectivity index (χ3n) is 3.95. The SMILES string of the molecule is CN(C)c1ccc2ncnc(Nc3ccc4[nH]ccc4c3)c2c1.Cl. The molecular weight excluding hydrogens is 322 g/mol. The van der Waals surface area contributed by atoms with Gasteiger partial charge in [-0.15, -0.1) is 12.4 Å². The number of nitrogens with one attached hydrogen (secondary N) is 2. The Balaban J connectivity index is 0.00000169. The van der Waals surface area contributed by atoms with Gasteiger partial charge in [0.1, 0.15) is 12.1 Å². The van der Waals surface area contributed by atoms with Crippen molar-refractivity contribution in [3.05, 3.63) is 55.0 Å². The highest BCUT2D eigenvalue weighted by Gasteiger charge is 2.07. The van der Waals surface area contributed by atoms with E-state index >= 15 is 0 Å². The van der Waals surface area contributed by atoms with Crippen LogP contribution in [0, 0.1) is 0 Å². The summed E-state index contributed by atoms with van der Waals surface area (Å²) < 4.78 is 0. The first kappa shape index (κ1) is 16.1. The maximum atomic E-state index is 4.42. The molecule has 4 rings (SSSR count). The Morgan fingerprint density at radius 3 is 2.71 bits per heavy atom. The van der Waals surface area contributed by atoms with E-state index in [-0.39, 0.29) is 12.4 Å². The zero-order valence-electron chi connectivity index (χ0n) is 13.4. The van der Waals surface area contributed by atoms with Gasteiger partial charge < -0.3 is 15.2 Å². The van der Waals surface area contributed by atoms with Crippen LogP contribution in [-0.2, 0) is 0 Å². The number of aromatic amines is 1. The molecule has 0 aliphatic rings. The number of benzene rings is 2. The van der Waals surface area contributed by atoms with Gasteiger partial charge in [-0.2, -0.15) is 0 Å². The van der Waals surface area contributed by atoms with Gasteiger partial charge in [-0.05, 0) is 42.5 Å². The maximum absolute atomic E-state index is 4.42. The van der Waals surface area contributed by atoms with Gasteiger partial charge in [0.15, 0.2) is 0 Å². The van der Waals surface area contributed by atoms with Crippen LogP contribution in [0.5, 0.6) is 0 Å². The van der Waals surface area contributed by atoms with E-state index in [1.54, 1.807) is 6.33 Å². The average molecular weight is 340 g/mol. The van der Waals surface area contributed by atoms with E-state index in [1.165, 1.54) is 5.39 Å². The van der Waals surface area contributed by atoms with Gasteiger partial charge in [0.25, 0.3) is 0 Å². The normalized spacial score (nSPS) is 10.6. The summed E-state index contributed by atoms with van der Waals surface area (Å²) in [5, 5.41) is 5.59. The number of nitrogens with zero attached hydrogens (tertiary/aromatic N) is 3. The number of halogens is 1. The largest absolute Gasteiger partial charge is 0.378 e.